The number of hydrogen-bond donors (Lipinski definition) is 3. The Morgan fingerprint density at radius 2 is 1.45 bits per heavy atom. The van der Waals surface area contributed by atoms with Gasteiger partial charge in [0.1, 0.15) is 11.5 Å². The molecule has 0 aliphatic rings. The third-order valence-electron chi connectivity index (χ3n) is 4.29. The lowest BCUT2D eigenvalue weighted by Gasteiger charge is -2.10. The lowest BCUT2D eigenvalue weighted by atomic mass is 10.2. The maximum atomic E-state index is 12.4. The molecule has 0 fully saturated rings. The lowest BCUT2D eigenvalue weighted by Crippen LogP contribution is -2.21. The van der Waals surface area contributed by atoms with E-state index in [2.05, 4.69) is 10.6 Å². The van der Waals surface area contributed by atoms with Gasteiger partial charge in [-0.3, -0.25) is 14.4 Å². The van der Waals surface area contributed by atoms with E-state index in [1.54, 1.807) is 73.8 Å². The van der Waals surface area contributed by atoms with Crippen LogP contribution < -0.4 is 25.8 Å². The van der Waals surface area contributed by atoms with E-state index in [1.165, 1.54) is 6.07 Å². The maximum absolute atomic E-state index is 12.4. The number of benzene rings is 3. The molecule has 158 valence electrons. The molecular formula is C23H21N3O5. The zero-order chi connectivity index (χ0) is 22.2. The van der Waals surface area contributed by atoms with Crippen LogP contribution >= 0.6 is 0 Å². The van der Waals surface area contributed by atoms with Crippen LogP contribution in [0.4, 0.5) is 11.4 Å². The first-order chi connectivity index (χ1) is 15.0. The molecule has 0 saturated carbocycles. The number of nitrogens with one attached hydrogen (secondary N) is 2. The molecule has 0 unspecified atom stereocenters. The van der Waals surface area contributed by atoms with E-state index in [4.69, 9.17) is 15.2 Å². The summed E-state index contributed by atoms with van der Waals surface area (Å²) in [5, 5.41) is 5.45. The smallest absolute Gasteiger partial charge is 0.262 e. The van der Waals surface area contributed by atoms with Gasteiger partial charge in [-0.1, -0.05) is 12.1 Å². The van der Waals surface area contributed by atoms with E-state index in [-0.39, 0.29) is 23.8 Å². The van der Waals surface area contributed by atoms with Gasteiger partial charge in [0, 0.05) is 16.9 Å². The number of hydrogen-bond acceptors (Lipinski definition) is 5. The SMILES string of the molecule is COc1ccc(NC(=O)c2ccc(NC(=O)COc3ccccc3C(N)=O)cc2)cc1. The number of amides is 3. The van der Waals surface area contributed by atoms with E-state index in [0.717, 1.165) is 0 Å². The number of rotatable bonds is 8. The second kappa shape index (κ2) is 9.93. The molecule has 0 aliphatic carbocycles. The van der Waals surface area contributed by atoms with Gasteiger partial charge < -0.3 is 25.8 Å². The number of carbonyl (C=O) groups excluding carboxylic acids is 3. The number of ether oxygens (including phenoxy) is 2. The molecule has 3 rings (SSSR count). The molecule has 31 heavy (non-hydrogen) atoms. The summed E-state index contributed by atoms with van der Waals surface area (Å²) >= 11 is 0. The fraction of sp³-hybridized carbons (Fsp3) is 0.0870. The Morgan fingerprint density at radius 1 is 0.839 bits per heavy atom. The minimum Gasteiger partial charge on any atom is -0.497 e. The number of methoxy groups -OCH3 is 1. The highest BCUT2D eigenvalue weighted by Gasteiger charge is 2.11. The van der Waals surface area contributed by atoms with Crippen molar-refractivity contribution in [1.29, 1.82) is 0 Å². The van der Waals surface area contributed by atoms with Crippen molar-refractivity contribution in [3.8, 4) is 11.5 Å². The first kappa shape index (κ1) is 21.4. The predicted molar refractivity (Wildman–Crippen MR) is 116 cm³/mol. The zero-order valence-electron chi connectivity index (χ0n) is 16.8. The van der Waals surface area contributed by atoms with Gasteiger partial charge in [0.2, 0.25) is 0 Å². The van der Waals surface area contributed by atoms with E-state index in [0.29, 0.717) is 22.7 Å². The number of para-hydroxylation sites is 1. The van der Waals surface area contributed by atoms with Crippen molar-refractivity contribution in [2.24, 2.45) is 5.73 Å². The first-order valence-corrected chi connectivity index (χ1v) is 9.33. The zero-order valence-corrected chi connectivity index (χ0v) is 16.8. The largest absolute Gasteiger partial charge is 0.497 e. The molecule has 0 bridgehead atoms. The number of primary amides is 1. The first-order valence-electron chi connectivity index (χ1n) is 9.33. The Kier molecular flexibility index (Phi) is 6.85. The van der Waals surface area contributed by atoms with Crippen molar-refractivity contribution < 1.29 is 23.9 Å². The van der Waals surface area contributed by atoms with E-state index >= 15 is 0 Å². The Bertz CT molecular complexity index is 1080. The van der Waals surface area contributed by atoms with Gasteiger partial charge in [-0.25, -0.2) is 0 Å². The second-order valence-corrected chi connectivity index (χ2v) is 6.46. The average molecular weight is 419 g/mol. The molecule has 0 radical (unpaired) electrons. The van der Waals surface area contributed by atoms with Crippen LogP contribution in [0, 0.1) is 0 Å². The maximum Gasteiger partial charge on any atom is 0.262 e. The summed E-state index contributed by atoms with van der Waals surface area (Å²) in [6, 6.07) is 19.8. The molecule has 0 heterocycles. The normalized spacial score (nSPS) is 10.1. The summed E-state index contributed by atoms with van der Waals surface area (Å²) in [4.78, 5) is 35.9. The molecule has 0 aliphatic heterocycles. The Morgan fingerprint density at radius 3 is 2.10 bits per heavy atom. The topological polar surface area (TPSA) is 120 Å². The van der Waals surface area contributed by atoms with Crippen LogP contribution in [0.15, 0.2) is 72.8 Å². The molecular weight excluding hydrogens is 398 g/mol. The third kappa shape index (κ3) is 5.83. The molecule has 8 nitrogen and oxygen atoms in total. The highest BCUT2D eigenvalue weighted by molar-refractivity contribution is 6.04. The summed E-state index contributed by atoms with van der Waals surface area (Å²) in [6.07, 6.45) is 0. The third-order valence-corrected chi connectivity index (χ3v) is 4.29. The van der Waals surface area contributed by atoms with E-state index < -0.39 is 11.8 Å². The summed E-state index contributed by atoms with van der Waals surface area (Å²) in [7, 11) is 1.57. The van der Waals surface area contributed by atoms with Crippen molar-refractivity contribution in [2.75, 3.05) is 24.4 Å². The summed E-state index contributed by atoms with van der Waals surface area (Å²) < 4.78 is 10.5. The van der Waals surface area contributed by atoms with Crippen LogP contribution in [0.2, 0.25) is 0 Å². The van der Waals surface area contributed by atoms with Crippen LogP contribution in [0.1, 0.15) is 20.7 Å². The number of carbonyl (C=O) groups is 3. The van der Waals surface area contributed by atoms with Crippen LogP contribution in [-0.4, -0.2) is 31.4 Å². The van der Waals surface area contributed by atoms with Gasteiger partial charge >= 0.3 is 0 Å². The highest BCUT2D eigenvalue weighted by atomic mass is 16.5. The molecule has 3 aromatic carbocycles. The van der Waals surface area contributed by atoms with E-state index in [1.807, 2.05) is 0 Å². The molecule has 0 saturated heterocycles. The van der Waals surface area contributed by atoms with E-state index in [9.17, 15) is 14.4 Å². The summed E-state index contributed by atoms with van der Waals surface area (Å²) in [5.74, 6) is -0.417. The van der Waals surface area contributed by atoms with Gasteiger partial charge in [0.25, 0.3) is 17.7 Å². The van der Waals surface area contributed by atoms with Crippen LogP contribution in [0.3, 0.4) is 0 Å². The van der Waals surface area contributed by atoms with Crippen molar-refractivity contribution in [1.82, 2.24) is 0 Å². The predicted octanol–water partition coefficient (Wildman–Crippen LogP) is 3.06. The molecule has 0 spiro atoms. The van der Waals surface area contributed by atoms with Crippen molar-refractivity contribution in [2.45, 2.75) is 0 Å². The average Bonchev–Trinajstić information content (AvgIpc) is 2.78. The van der Waals surface area contributed by atoms with Gasteiger partial charge in [-0.2, -0.15) is 0 Å². The lowest BCUT2D eigenvalue weighted by molar-refractivity contribution is -0.118. The summed E-state index contributed by atoms with van der Waals surface area (Å²) in [5.41, 5.74) is 7.05. The van der Waals surface area contributed by atoms with Gasteiger partial charge in [0.15, 0.2) is 6.61 Å². The Balaban J connectivity index is 1.54. The van der Waals surface area contributed by atoms with Crippen molar-refractivity contribution in [3.63, 3.8) is 0 Å². The monoisotopic (exact) mass is 419 g/mol. The number of anilines is 2. The minimum atomic E-state index is -0.639. The fourth-order valence-electron chi connectivity index (χ4n) is 2.72. The van der Waals surface area contributed by atoms with Crippen molar-refractivity contribution in [3.05, 3.63) is 83.9 Å². The van der Waals surface area contributed by atoms with Gasteiger partial charge in [0.05, 0.1) is 12.7 Å². The molecule has 0 aromatic heterocycles. The fourth-order valence-corrected chi connectivity index (χ4v) is 2.72. The van der Waals surface area contributed by atoms with Crippen LogP contribution in [0.5, 0.6) is 11.5 Å². The summed E-state index contributed by atoms with van der Waals surface area (Å²) in [6.45, 7) is -0.302. The Labute approximate surface area is 179 Å². The van der Waals surface area contributed by atoms with Crippen molar-refractivity contribution >= 4 is 29.1 Å². The Hall–Kier alpha value is -4.33. The molecule has 3 aromatic rings. The van der Waals surface area contributed by atoms with Gasteiger partial charge in [-0.05, 0) is 60.7 Å². The van der Waals surface area contributed by atoms with Crippen LogP contribution in [0.25, 0.3) is 0 Å². The highest BCUT2D eigenvalue weighted by Crippen LogP contribution is 2.18. The molecule has 0 atom stereocenters. The quantitative estimate of drug-likeness (QED) is 0.518. The second-order valence-electron chi connectivity index (χ2n) is 6.46. The minimum absolute atomic E-state index is 0.197. The molecule has 8 heteroatoms. The van der Waals surface area contributed by atoms with Crippen LogP contribution in [-0.2, 0) is 4.79 Å². The molecule has 4 N–H and O–H groups in total. The van der Waals surface area contributed by atoms with Gasteiger partial charge in [-0.15, -0.1) is 0 Å². The number of nitrogens with two attached hydrogens (primary N) is 1. The molecule has 3 amide bonds. The standard InChI is InChI=1S/C23H21N3O5/c1-30-18-12-10-17(11-13-18)26-23(29)15-6-8-16(9-7-15)25-21(27)14-31-20-5-3-2-4-19(20)22(24)28/h2-13H,14H2,1H3,(H2,24,28)(H,25,27)(H,26,29).